The molecule has 0 bridgehead atoms. The molecule has 1 heterocycles. The van der Waals surface area contributed by atoms with Gasteiger partial charge in [-0.1, -0.05) is 42.5 Å². The summed E-state index contributed by atoms with van der Waals surface area (Å²) < 4.78 is 28.7. The number of nitrogens with one attached hydrogen (secondary N) is 2. The second kappa shape index (κ2) is 9.46. The zero-order chi connectivity index (χ0) is 23.4. The lowest BCUT2D eigenvalue weighted by Gasteiger charge is -2.19. The molecule has 0 saturated carbocycles. The Morgan fingerprint density at radius 3 is 2.42 bits per heavy atom. The Morgan fingerprint density at radius 2 is 1.73 bits per heavy atom. The molecule has 0 unspecified atom stereocenters. The van der Waals surface area contributed by atoms with E-state index in [1.807, 2.05) is 30.3 Å². The molecule has 170 valence electrons. The summed E-state index contributed by atoms with van der Waals surface area (Å²) in [4.78, 5) is 26.6. The lowest BCUT2D eigenvalue weighted by atomic mass is 10.1. The molecular formula is C25H25N3O4S. The van der Waals surface area contributed by atoms with Crippen LogP contribution in [0.3, 0.4) is 0 Å². The van der Waals surface area contributed by atoms with Crippen LogP contribution in [0.5, 0.6) is 0 Å². The molecule has 1 aliphatic heterocycles. The average molecular weight is 464 g/mol. The Morgan fingerprint density at radius 1 is 1.00 bits per heavy atom. The highest BCUT2D eigenvalue weighted by molar-refractivity contribution is 7.92. The van der Waals surface area contributed by atoms with E-state index in [2.05, 4.69) is 10.0 Å². The van der Waals surface area contributed by atoms with Gasteiger partial charge in [0.25, 0.3) is 15.9 Å². The van der Waals surface area contributed by atoms with Crippen molar-refractivity contribution in [3.63, 3.8) is 0 Å². The number of hydrogen-bond donors (Lipinski definition) is 2. The Kier molecular flexibility index (Phi) is 6.46. The van der Waals surface area contributed by atoms with Crippen molar-refractivity contribution in [3.8, 4) is 0 Å². The van der Waals surface area contributed by atoms with Crippen LogP contribution in [0, 0.1) is 6.92 Å². The predicted molar refractivity (Wildman–Crippen MR) is 128 cm³/mol. The van der Waals surface area contributed by atoms with Crippen LogP contribution >= 0.6 is 0 Å². The first-order valence-corrected chi connectivity index (χ1v) is 12.2. The van der Waals surface area contributed by atoms with Gasteiger partial charge in [-0.05, 0) is 54.8 Å². The molecule has 0 aromatic heterocycles. The molecule has 2 amide bonds. The summed E-state index contributed by atoms with van der Waals surface area (Å²) in [7, 11) is -3.95. The van der Waals surface area contributed by atoms with Gasteiger partial charge >= 0.3 is 0 Å². The number of rotatable bonds is 7. The smallest absolute Gasteiger partial charge is 0.261 e. The number of anilines is 2. The zero-order valence-electron chi connectivity index (χ0n) is 18.2. The van der Waals surface area contributed by atoms with Gasteiger partial charge in [0.05, 0.1) is 16.1 Å². The van der Waals surface area contributed by atoms with E-state index < -0.39 is 10.0 Å². The number of amides is 2. The number of nitrogens with zero attached hydrogens (tertiary/aromatic N) is 1. The molecule has 1 fully saturated rings. The van der Waals surface area contributed by atoms with Crippen molar-refractivity contribution in [1.29, 1.82) is 0 Å². The lowest BCUT2D eigenvalue weighted by Crippen LogP contribution is -2.25. The average Bonchev–Trinajstić information content (AvgIpc) is 3.23. The number of hydrogen-bond acceptors (Lipinski definition) is 4. The SMILES string of the molecule is Cc1cc(S(=O)(=O)Nc2ccccc2C(=O)NCc2ccccc2)ccc1N1CCCC1=O. The minimum atomic E-state index is -3.95. The Labute approximate surface area is 193 Å². The first kappa shape index (κ1) is 22.5. The lowest BCUT2D eigenvalue weighted by molar-refractivity contribution is -0.117. The molecule has 0 aliphatic carbocycles. The van der Waals surface area contributed by atoms with Gasteiger partial charge in [0.2, 0.25) is 5.91 Å². The summed E-state index contributed by atoms with van der Waals surface area (Å²) in [5.74, 6) is -0.335. The van der Waals surface area contributed by atoms with Crippen molar-refractivity contribution in [2.75, 3.05) is 16.2 Å². The van der Waals surface area contributed by atoms with Crippen molar-refractivity contribution < 1.29 is 18.0 Å². The van der Waals surface area contributed by atoms with Crippen LogP contribution in [0.2, 0.25) is 0 Å². The monoisotopic (exact) mass is 463 g/mol. The van der Waals surface area contributed by atoms with Gasteiger partial charge in [0, 0.05) is 25.2 Å². The topological polar surface area (TPSA) is 95.6 Å². The molecule has 1 saturated heterocycles. The summed E-state index contributed by atoms with van der Waals surface area (Å²) in [5, 5.41) is 2.82. The van der Waals surface area contributed by atoms with Crippen LogP contribution in [0.15, 0.2) is 77.7 Å². The standard InChI is InChI=1S/C25H25N3O4S/c1-18-16-20(13-14-23(18)28-15-7-12-24(28)29)33(31,32)27-22-11-6-5-10-21(22)25(30)26-17-19-8-3-2-4-9-19/h2-6,8-11,13-14,16,27H,7,12,15,17H2,1H3,(H,26,30). The third-order valence-electron chi connectivity index (χ3n) is 5.55. The van der Waals surface area contributed by atoms with E-state index in [-0.39, 0.29) is 28.0 Å². The predicted octanol–water partition coefficient (Wildman–Crippen LogP) is 3.85. The molecule has 3 aromatic rings. The maximum Gasteiger partial charge on any atom is 0.261 e. The quantitative estimate of drug-likeness (QED) is 0.556. The number of carbonyl (C=O) groups excluding carboxylic acids is 2. The highest BCUT2D eigenvalue weighted by atomic mass is 32.2. The normalized spacial score (nSPS) is 13.7. The molecule has 3 aromatic carbocycles. The molecule has 33 heavy (non-hydrogen) atoms. The van der Waals surface area contributed by atoms with Gasteiger partial charge in [0.1, 0.15) is 0 Å². The van der Waals surface area contributed by atoms with E-state index in [1.165, 1.54) is 6.07 Å². The molecule has 2 N–H and O–H groups in total. The van der Waals surface area contributed by atoms with E-state index in [0.29, 0.717) is 25.1 Å². The number of sulfonamides is 1. The maximum absolute atomic E-state index is 13.1. The number of carbonyl (C=O) groups is 2. The van der Waals surface area contributed by atoms with E-state index in [0.717, 1.165) is 17.7 Å². The van der Waals surface area contributed by atoms with Gasteiger partial charge in [0.15, 0.2) is 0 Å². The highest BCUT2D eigenvalue weighted by Gasteiger charge is 2.25. The van der Waals surface area contributed by atoms with Gasteiger partial charge in [-0.3, -0.25) is 14.3 Å². The second-order valence-corrected chi connectivity index (χ2v) is 9.60. The summed E-state index contributed by atoms with van der Waals surface area (Å²) in [5.41, 5.74) is 2.78. The minimum absolute atomic E-state index is 0.0438. The Bertz CT molecular complexity index is 1290. The third-order valence-corrected chi connectivity index (χ3v) is 6.92. The molecule has 7 nitrogen and oxygen atoms in total. The number of aryl methyl sites for hydroxylation is 1. The largest absolute Gasteiger partial charge is 0.348 e. The fraction of sp³-hybridized carbons (Fsp3) is 0.200. The van der Waals surface area contributed by atoms with Crippen LogP contribution in [-0.2, 0) is 21.4 Å². The van der Waals surface area contributed by atoms with E-state index in [4.69, 9.17) is 0 Å². The number of benzene rings is 3. The summed E-state index contributed by atoms with van der Waals surface area (Å²) in [6.07, 6.45) is 1.30. The van der Waals surface area contributed by atoms with Gasteiger partial charge in [-0.15, -0.1) is 0 Å². The van der Waals surface area contributed by atoms with Crippen molar-refractivity contribution >= 4 is 33.2 Å². The molecular weight excluding hydrogens is 438 g/mol. The van der Waals surface area contributed by atoms with E-state index >= 15 is 0 Å². The van der Waals surface area contributed by atoms with Crippen LogP contribution in [0.25, 0.3) is 0 Å². The summed E-state index contributed by atoms with van der Waals surface area (Å²) in [6.45, 7) is 2.75. The van der Waals surface area contributed by atoms with Crippen LogP contribution < -0.4 is 14.9 Å². The zero-order valence-corrected chi connectivity index (χ0v) is 19.1. The van der Waals surface area contributed by atoms with Gasteiger partial charge in [-0.2, -0.15) is 0 Å². The van der Waals surface area contributed by atoms with Crippen molar-refractivity contribution in [2.45, 2.75) is 31.2 Å². The van der Waals surface area contributed by atoms with Crippen LogP contribution in [0.4, 0.5) is 11.4 Å². The molecule has 0 radical (unpaired) electrons. The Balaban J connectivity index is 1.53. The first-order valence-electron chi connectivity index (χ1n) is 10.7. The van der Waals surface area contributed by atoms with Crippen LogP contribution in [0.1, 0.15) is 34.3 Å². The van der Waals surface area contributed by atoms with Crippen molar-refractivity contribution in [1.82, 2.24) is 5.32 Å². The molecule has 1 aliphatic rings. The van der Waals surface area contributed by atoms with E-state index in [1.54, 1.807) is 48.2 Å². The molecule has 4 rings (SSSR count). The fourth-order valence-electron chi connectivity index (χ4n) is 3.85. The summed E-state index contributed by atoms with van der Waals surface area (Å²) >= 11 is 0. The van der Waals surface area contributed by atoms with Crippen molar-refractivity contribution in [2.24, 2.45) is 0 Å². The molecule has 0 spiro atoms. The van der Waals surface area contributed by atoms with Gasteiger partial charge < -0.3 is 10.2 Å². The van der Waals surface area contributed by atoms with Crippen LogP contribution in [-0.4, -0.2) is 26.8 Å². The first-order chi connectivity index (χ1) is 15.8. The van der Waals surface area contributed by atoms with Crippen molar-refractivity contribution in [3.05, 3.63) is 89.5 Å². The Hall–Kier alpha value is -3.65. The number of para-hydroxylation sites is 1. The third kappa shape index (κ3) is 5.06. The molecule has 0 atom stereocenters. The fourth-order valence-corrected chi connectivity index (χ4v) is 5.01. The highest BCUT2D eigenvalue weighted by Crippen LogP contribution is 2.28. The minimum Gasteiger partial charge on any atom is -0.348 e. The molecule has 8 heteroatoms. The van der Waals surface area contributed by atoms with E-state index in [9.17, 15) is 18.0 Å². The summed E-state index contributed by atoms with van der Waals surface area (Å²) in [6, 6.07) is 20.6. The van der Waals surface area contributed by atoms with Gasteiger partial charge in [-0.25, -0.2) is 8.42 Å². The maximum atomic E-state index is 13.1. The second-order valence-electron chi connectivity index (χ2n) is 7.92.